The predicted octanol–water partition coefficient (Wildman–Crippen LogP) is 0.793. The number of hydrogen-bond donors (Lipinski definition) is 5. The van der Waals surface area contributed by atoms with Gasteiger partial charge in [-0.1, -0.05) is 31.9 Å². The smallest absolute Gasteiger partial charge is 0.240 e. The molecule has 4 heterocycles. The third-order valence-electron chi connectivity index (χ3n) is 7.67. The Morgan fingerprint density at radius 1 is 1.20 bits per heavy atom. The van der Waals surface area contributed by atoms with E-state index in [9.17, 15) is 20.1 Å². The Hall–Kier alpha value is -1.12. The largest absolute Gasteiger partial charge is 0.388 e. The zero-order valence-corrected chi connectivity index (χ0v) is 21.4. The Morgan fingerprint density at radius 2 is 1.97 bits per heavy atom. The van der Waals surface area contributed by atoms with Crippen LogP contribution < -0.4 is 10.6 Å². The lowest BCUT2D eigenvalue weighted by Gasteiger charge is -2.44. The summed E-state index contributed by atoms with van der Waals surface area (Å²) >= 11 is 1.25. The minimum atomic E-state index is -1.40. The summed E-state index contributed by atoms with van der Waals surface area (Å²) in [6.07, 6.45) is 8.63. The van der Waals surface area contributed by atoms with E-state index in [1.807, 2.05) is 12.2 Å². The van der Waals surface area contributed by atoms with Crippen molar-refractivity contribution < 1.29 is 29.6 Å². The standard InChI is InChI=1S/C26H40N2O6S/c1-4-17-7-5-6-8-18(24-21(30)20(29)22(31)26(34-24)35-17)28-25(32)19-23-16(13-27-19)12-15(9-10-33-23)11-14(2)3/h1,5-6,14-24,26-27,29-31H,7-13H2,2-3H3,(H,28,32)/b6-5-/t15-,16-,17+,18+,19-,20+,21?,22+,23+,24+,26?/m0/s1. The van der Waals surface area contributed by atoms with Crippen LogP contribution in [0.2, 0.25) is 0 Å². The second-order valence-electron chi connectivity index (χ2n) is 10.8. The third kappa shape index (κ3) is 6.24. The fraction of sp³-hybridized carbons (Fsp3) is 0.808. The van der Waals surface area contributed by atoms with Crippen molar-refractivity contribution in [2.24, 2.45) is 17.8 Å². The summed E-state index contributed by atoms with van der Waals surface area (Å²) in [6, 6.07) is -1.06. The van der Waals surface area contributed by atoms with Gasteiger partial charge in [0.05, 0.1) is 17.4 Å². The number of thioether (sulfide) groups is 1. The molecule has 0 aromatic carbocycles. The first kappa shape index (κ1) is 26.9. The van der Waals surface area contributed by atoms with Crippen LogP contribution in [0, 0.1) is 30.1 Å². The molecule has 2 unspecified atom stereocenters. The summed E-state index contributed by atoms with van der Waals surface area (Å²) in [5.74, 6) is 4.02. The molecular formula is C26H40N2O6S. The first-order valence-electron chi connectivity index (χ1n) is 12.9. The highest BCUT2D eigenvalue weighted by Crippen LogP contribution is 2.36. The third-order valence-corrected chi connectivity index (χ3v) is 8.99. The van der Waals surface area contributed by atoms with Gasteiger partial charge in [0.25, 0.3) is 0 Å². The zero-order valence-electron chi connectivity index (χ0n) is 20.6. The normalized spacial score (nSPS) is 45.1. The molecule has 4 rings (SSSR count). The molecule has 0 aliphatic carbocycles. The van der Waals surface area contributed by atoms with Gasteiger partial charge < -0.3 is 35.4 Å². The lowest BCUT2D eigenvalue weighted by Crippen LogP contribution is -2.64. The Bertz CT molecular complexity index is 803. The number of rotatable bonds is 4. The molecule has 0 aromatic heterocycles. The van der Waals surface area contributed by atoms with Gasteiger partial charge in [-0.3, -0.25) is 4.79 Å². The van der Waals surface area contributed by atoms with E-state index in [1.165, 1.54) is 18.2 Å². The number of amides is 1. The van der Waals surface area contributed by atoms with E-state index in [0.29, 0.717) is 31.3 Å². The monoisotopic (exact) mass is 508 g/mol. The van der Waals surface area contributed by atoms with Crippen LogP contribution in [0.4, 0.5) is 0 Å². The molecule has 8 nitrogen and oxygen atoms in total. The zero-order chi connectivity index (χ0) is 25.1. The van der Waals surface area contributed by atoms with Gasteiger partial charge in [-0.25, -0.2) is 0 Å². The molecule has 1 amide bonds. The topological polar surface area (TPSA) is 120 Å². The molecule has 2 bridgehead atoms. The number of ether oxygens (including phenoxy) is 2. The summed E-state index contributed by atoms with van der Waals surface area (Å²) in [5.41, 5.74) is -0.803. The molecule has 0 saturated carbocycles. The Kier molecular flexibility index (Phi) is 9.19. The molecule has 0 radical (unpaired) electrons. The number of fused-ring (bicyclic) bond motifs is 3. The quantitative estimate of drug-likeness (QED) is 0.279. The molecule has 4 aliphatic heterocycles. The second kappa shape index (κ2) is 12.0. The molecule has 9 heteroatoms. The van der Waals surface area contributed by atoms with E-state index in [0.717, 1.165) is 19.4 Å². The number of hydrogen-bond acceptors (Lipinski definition) is 8. The van der Waals surface area contributed by atoms with Gasteiger partial charge in [-0.2, -0.15) is 0 Å². The van der Waals surface area contributed by atoms with Crippen molar-refractivity contribution in [2.75, 3.05) is 13.2 Å². The highest BCUT2D eigenvalue weighted by molar-refractivity contribution is 8.00. The van der Waals surface area contributed by atoms with E-state index >= 15 is 0 Å². The van der Waals surface area contributed by atoms with Crippen molar-refractivity contribution in [3.8, 4) is 12.3 Å². The second-order valence-corrected chi connectivity index (χ2v) is 12.1. The lowest BCUT2D eigenvalue weighted by molar-refractivity contribution is -0.205. The van der Waals surface area contributed by atoms with E-state index in [-0.39, 0.29) is 23.2 Å². The highest BCUT2D eigenvalue weighted by atomic mass is 32.2. The van der Waals surface area contributed by atoms with Crippen LogP contribution in [0.15, 0.2) is 12.2 Å². The maximum atomic E-state index is 13.4. The van der Waals surface area contributed by atoms with Gasteiger partial charge >= 0.3 is 0 Å². The number of nitrogens with one attached hydrogen (secondary N) is 2. The van der Waals surface area contributed by atoms with Gasteiger partial charge in [-0.05, 0) is 49.9 Å². The molecule has 3 fully saturated rings. The molecular weight excluding hydrogens is 468 g/mol. The lowest BCUT2D eigenvalue weighted by atomic mass is 9.85. The minimum absolute atomic E-state index is 0.188. The van der Waals surface area contributed by atoms with Crippen LogP contribution in [0.3, 0.4) is 0 Å². The van der Waals surface area contributed by atoms with Crippen molar-refractivity contribution in [3.63, 3.8) is 0 Å². The summed E-state index contributed by atoms with van der Waals surface area (Å²) < 4.78 is 12.2. The maximum Gasteiger partial charge on any atom is 0.240 e. The van der Waals surface area contributed by atoms with Crippen LogP contribution in [-0.4, -0.2) is 87.7 Å². The molecule has 3 saturated heterocycles. The fourth-order valence-corrected chi connectivity index (χ4v) is 7.06. The molecule has 11 atom stereocenters. The SMILES string of the molecule is C#C[C@@H]1C/C=C\C[C@@H](NC(=O)[C@H]2NC[C@@H]3C[C@H](CC(C)C)CCO[C@H]32)[C@H]2OC(S1)[C@H](O)[C@H](O)C2O. The average Bonchev–Trinajstić information content (AvgIpc) is 3.11. The molecule has 5 N–H and O–H groups in total. The van der Waals surface area contributed by atoms with E-state index < -0.39 is 41.9 Å². The first-order valence-corrected chi connectivity index (χ1v) is 13.8. The predicted molar refractivity (Wildman–Crippen MR) is 134 cm³/mol. The number of carbonyl (C=O) groups excluding carboxylic acids is 1. The van der Waals surface area contributed by atoms with Gasteiger partial charge in [0, 0.05) is 13.2 Å². The van der Waals surface area contributed by atoms with Gasteiger partial charge in [-0.15, -0.1) is 18.2 Å². The summed E-state index contributed by atoms with van der Waals surface area (Å²) in [5, 5.41) is 37.9. The maximum absolute atomic E-state index is 13.4. The minimum Gasteiger partial charge on any atom is -0.388 e. The highest BCUT2D eigenvalue weighted by Gasteiger charge is 2.49. The van der Waals surface area contributed by atoms with Crippen LogP contribution in [0.25, 0.3) is 0 Å². The van der Waals surface area contributed by atoms with Gasteiger partial charge in [0.2, 0.25) is 5.91 Å². The molecule has 4 aliphatic rings. The van der Waals surface area contributed by atoms with E-state index in [4.69, 9.17) is 15.9 Å². The van der Waals surface area contributed by atoms with Gasteiger partial charge in [0.1, 0.15) is 35.9 Å². The van der Waals surface area contributed by atoms with Gasteiger partial charge in [0.15, 0.2) is 0 Å². The van der Waals surface area contributed by atoms with Crippen molar-refractivity contribution in [1.82, 2.24) is 10.6 Å². The van der Waals surface area contributed by atoms with Crippen molar-refractivity contribution in [2.45, 2.75) is 99.2 Å². The Balaban J connectivity index is 1.46. The Morgan fingerprint density at radius 3 is 2.71 bits per heavy atom. The van der Waals surface area contributed by atoms with Crippen LogP contribution in [0.5, 0.6) is 0 Å². The van der Waals surface area contributed by atoms with Crippen molar-refractivity contribution in [1.29, 1.82) is 0 Å². The van der Waals surface area contributed by atoms with E-state index in [2.05, 4.69) is 30.4 Å². The summed E-state index contributed by atoms with van der Waals surface area (Å²) in [6.45, 7) is 5.88. The number of allylic oxidation sites excluding steroid dienone is 1. The number of carbonyl (C=O) groups is 1. The first-order chi connectivity index (χ1) is 16.8. The number of aliphatic hydroxyl groups is 3. The van der Waals surface area contributed by atoms with Crippen LogP contribution in [0.1, 0.15) is 46.0 Å². The summed E-state index contributed by atoms with van der Waals surface area (Å²) in [4.78, 5) is 13.4. The number of terminal acetylenes is 1. The molecule has 196 valence electrons. The fourth-order valence-electron chi connectivity index (χ4n) is 5.93. The molecule has 0 spiro atoms. The van der Waals surface area contributed by atoms with Crippen LogP contribution in [-0.2, 0) is 14.3 Å². The van der Waals surface area contributed by atoms with Crippen LogP contribution >= 0.6 is 11.8 Å². The molecule has 0 aromatic rings. The van der Waals surface area contributed by atoms with Crippen molar-refractivity contribution in [3.05, 3.63) is 12.2 Å². The van der Waals surface area contributed by atoms with Crippen molar-refractivity contribution >= 4 is 17.7 Å². The van der Waals surface area contributed by atoms with E-state index in [1.54, 1.807) is 0 Å². The molecule has 35 heavy (non-hydrogen) atoms. The Labute approximate surface area is 212 Å². The average molecular weight is 509 g/mol. The summed E-state index contributed by atoms with van der Waals surface area (Å²) in [7, 11) is 0. The number of aliphatic hydroxyl groups excluding tert-OH is 3.